The molecule has 0 aliphatic heterocycles. The number of nitrogens with zero attached hydrogens (tertiary/aromatic N) is 1. The maximum absolute atomic E-state index is 13.5. The van der Waals surface area contributed by atoms with Crippen LogP contribution < -0.4 is 10.6 Å². The normalized spacial score (nSPS) is 17.4. The van der Waals surface area contributed by atoms with Crippen molar-refractivity contribution in [3.05, 3.63) is 17.7 Å². The number of halogens is 2. The van der Waals surface area contributed by atoms with E-state index in [-0.39, 0.29) is 17.7 Å². The predicted octanol–water partition coefficient (Wildman–Crippen LogP) is 3.00. The third-order valence-electron chi connectivity index (χ3n) is 3.39. The molecule has 0 amide bonds. The molecule has 3 nitrogen and oxygen atoms in total. The van der Waals surface area contributed by atoms with Crippen molar-refractivity contribution in [2.75, 3.05) is 17.7 Å². The standard InChI is InChI=1S/C12H17F2N3/c1-7(8-4-3-5-8)16-12-10(14)6-9(13)11(15-2)17-12/h6-8H,3-5H2,1-2H3,(H2,15,16,17). The van der Waals surface area contributed by atoms with Crippen LogP contribution in [-0.2, 0) is 0 Å². The number of hydrogen-bond acceptors (Lipinski definition) is 3. The van der Waals surface area contributed by atoms with Gasteiger partial charge in [0.25, 0.3) is 0 Å². The molecule has 0 aromatic carbocycles. The quantitative estimate of drug-likeness (QED) is 0.850. The zero-order valence-corrected chi connectivity index (χ0v) is 10.1. The number of pyridine rings is 1. The highest BCUT2D eigenvalue weighted by Crippen LogP contribution is 2.31. The summed E-state index contributed by atoms with van der Waals surface area (Å²) in [5.41, 5.74) is 0. The molecule has 1 aromatic rings. The summed E-state index contributed by atoms with van der Waals surface area (Å²) in [6, 6.07) is 1.02. The van der Waals surface area contributed by atoms with Crippen LogP contribution in [0.5, 0.6) is 0 Å². The maximum atomic E-state index is 13.5. The summed E-state index contributed by atoms with van der Waals surface area (Å²) in [5, 5.41) is 5.62. The van der Waals surface area contributed by atoms with Crippen LogP contribution in [0.15, 0.2) is 6.07 Å². The third-order valence-corrected chi connectivity index (χ3v) is 3.39. The van der Waals surface area contributed by atoms with E-state index in [2.05, 4.69) is 15.6 Å². The molecule has 2 rings (SSSR count). The van der Waals surface area contributed by atoms with Crippen LogP contribution >= 0.6 is 0 Å². The van der Waals surface area contributed by atoms with Crippen molar-refractivity contribution in [1.82, 2.24) is 4.98 Å². The minimum atomic E-state index is -0.674. The lowest BCUT2D eigenvalue weighted by Gasteiger charge is -2.32. The highest BCUT2D eigenvalue weighted by molar-refractivity contribution is 5.47. The van der Waals surface area contributed by atoms with E-state index in [1.54, 1.807) is 7.05 Å². The molecule has 1 aromatic heterocycles. The first kappa shape index (κ1) is 12.1. The average Bonchev–Trinajstić information content (AvgIpc) is 2.19. The molecule has 1 atom stereocenters. The van der Waals surface area contributed by atoms with Crippen molar-refractivity contribution in [3.63, 3.8) is 0 Å². The van der Waals surface area contributed by atoms with E-state index in [0.717, 1.165) is 18.9 Å². The van der Waals surface area contributed by atoms with Gasteiger partial charge in [0.2, 0.25) is 0 Å². The molecule has 0 radical (unpaired) electrons. The first-order chi connectivity index (χ1) is 8.11. The van der Waals surface area contributed by atoms with Crippen molar-refractivity contribution in [2.45, 2.75) is 32.2 Å². The largest absolute Gasteiger partial charge is 0.371 e. The molecule has 1 aliphatic carbocycles. The van der Waals surface area contributed by atoms with E-state index in [1.165, 1.54) is 6.42 Å². The minimum Gasteiger partial charge on any atom is -0.371 e. The highest BCUT2D eigenvalue weighted by atomic mass is 19.1. The topological polar surface area (TPSA) is 37.0 Å². The molecule has 1 saturated carbocycles. The summed E-state index contributed by atoms with van der Waals surface area (Å²) in [5.74, 6) is -0.566. The lowest BCUT2D eigenvalue weighted by molar-refractivity contribution is 0.284. The zero-order valence-electron chi connectivity index (χ0n) is 10.1. The summed E-state index contributed by atoms with van der Waals surface area (Å²) in [7, 11) is 1.56. The van der Waals surface area contributed by atoms with E-state index >= 15 is 0 Å². The molecule has 0 saturated heterocycles. The number of nitrogens with one attached hydrogen (secondary N) is 2. The summed E-state index contributed by atoms with van der Waals surface area (Å²) in [4.78, 5) is 3.90. The summed E-state index contributed by atoms with van der Waals surface area (Å²) >= 11 is 0. The molecule has 94 valence electrons. The number of aromatic nitrogens is 1. The van der Waals surface area contributed by atoms with Crippen molar-refractivity contribution in [2.24, 2.45) is 5.92 Å². The minimum absolute atomic E-state index is 0.0645. The van der Waals surface area contributed by atoms with E-state index in [1.807, 2.05) is 6.92 Å². The third kappa shape index (κ3) is 2.48. The number of hydrogen-bond donors (Lipinski definition) is 2. The number of anilines is 2. The Balaban J connectivity index is 2.13. The van der Waals surface area contributed by atoms with Gasteiger partial charge in [0.15, 0.2) is 23.3 Å². The molecule has 5 heteroatoms. The van der Waals surface area contributed by atoms with Gasteiger partial charge in [0.05, 0.1) is 0 Å². The Morgan fingerprint density at radius 1 is 1.29 bits per heavy atom. The van der Waals surface area contributed by atoms with Crippen LogP contribution in [0.1, 0.15) is 26.2 Å². The SMILES string of the molecule is CNc1nc(NC(C)C2CCC2)c(F)cc1F. The Morgan fingerprint density at radius 2 is 1.94 bits per heavy atom. The molecule has 1 aliphatic rings. The van der Waals surface area contributed by atoms with Gasteiger partial charge in [0, 0.05) is 19.2 Å². The maximum Gasteiger partial charge on any atom is 0.168 e. The highest BCUT2D eigenvalue weighted by Gasteiger charge is 2.25. The first-order valence-electron chi connectivity index (χ1n) is 5.92. The fraction of sp³-hybridized carbons (Fsp3) is 0.583. The molecule has 1 heterocycles. The van der Waals surface area contributed by atoms with Gasteiger partial charge in [-0.2, -0.15) is 0 Å². The fourth-order valence-electron chi connectivity index (χ4n) is 2.02. The Hall–Kier alpha value is -1.39. The molecule has 17 heavy (non-hydrogen) atoms. The Bertz CT molecular complexity index is 405. The second-order valence-corrected chi connectivity index (χ2v) is 4.52. The average molecular weight is 241 g/mol. The van der Waals surface area contributed by atoms with E-state index in [4.69, 9.17) is 0 Å². The van der Waals surface area contributed by atoms with E-state index in [0.29, 0.717) is 5.92 Å². The summed E-state index contributed by atoms with van der Waals surface area (Å²) in [6.45, 7) is 2.01. The van der Waals surface area contributed by atoms with E-state index in [9.17, 15) is 8.78 Å². The van der Waals surface area contributed by atoms with Crippen LogP contribution in [-0.4, -0.2) is 18.1 Å². The van der Waals surface area contributed by atoms with Crippen LogP contribution in [0.2, 0.25) is 0 Å². The van der Waals surface area contributed by atoms with Crippen LogP contribution in [0.4, 0.5) is 20.4 Å². The molecular formula is C12H17F2N3. The van der Waals surface area contributed by atoms with Gasteiger partial charge in [-0.1, -0.05) is 6.42 Å². The fourth-order valence-corrected chi connectivity index (χ4v) is 2.02. The molecule has 0 spiro atoms. The van der Waals surface area contributed by atoms with Gasteiger partial charge in [-0.15, -0.1) is 0 Å². The summed E-state index contributed by atoms with van der Waals surface area (Å²) in [6.07, 6.45) is 3.56. The van der Waals surface area contributed by atoms with Crippen molar-refractivity contribution >= 4 is 11.6 Å². The zero-order chi connectivity index (χ0) is 12.4. The number of rotatable bonds is 4. The van der Waals surface area contributed by atoms with Crippen LogP contribution in [0, 0.1) is 17.6 Å². The summed E-state index contributed by atoms with van der Waals surface area (Å²) < 4.78 is 26.7. The predicted molar refractivity (Wildman–Crippen MR) is 64.1 cm³/mol. The Labute approximate surface area is 99.6 Å². The lowest BCUT2D eigenvalue weighted by Crippen LogP contribution is -2.31. The second kappa shape index (κ2) is 4.85. The van der Waals surface area contributed by atoms with E-state index < -0.39 is 11.6 Å². The monoisotopic (exact) mass is 241 g/mol. The first-order valence-corrected chi connectivity index (χ1v) is 5.92. The van der Waals surface area contributed by atoms with Gasteiger partial charge in [-0.05, 0) is 25.7 Å². The molecule has 2 N–H and O–H groups in total. The van der Waals surface area contributed by atoms with Crippen molar-refractivity contribution in [1.29, 1.82) is 0 Å². The molecule has 0 bridgehead atoms. The second-order valence-electron chi connectivity index (χ2n) is 4.52. The lowest BCUT2D eigenvalue weighted by atomic mass is 9.80. The van der Waals surface area contributed by atoms with Gasteiger partial charge >= 0.3 is 0 Å². The van der Waals surface area contributed by atoms with Crippen molar-refractivity contribution in [3.8, 4) is 0 Å². The van der Waals surface area contributed by atoms with Gasteiger partial charge in [-0.25, -0.2) is 13.8 Å². The van der Waals surface area contributed by atoms with Gasteiger partial charge in [-0.3, -0.25) is 0 Å². The molecule has 1 fully saturated rings. The van der Waals surface area contributed by atoms with Crippen molar-refractivity contribution < 1.29 is 8.78 Å². The van der Waals surface area contributed by atoms with Crippen LogP contribution in [0.25, 0.3) is 0 Å². The Morgan fingerprint density at radius 3 is 2.47 bits per heavy atom. The van der Waals surface area contributed by atoms with Gasteiger partial charge in [0.1, 0.15) is 0 Å². The molecule has 1 unspecified atom stereocenters. The van der Waals surface area contributed by atoms with Gasteiger partial charge < -0.3 is 10.6 Å². The van der Waals surface area contributed by atoms with Crippen LogP contribution in [0.3, 0.4) is 0 Å². The molecular weight excluding hydrogens is 224 g/mol. The smallest absolute Gasteiger partial charge is 0.168 e. The Kier molecular flexibility index (Phi) is 3.45.